The zero-order valence-corrected chi connectivity index (χ0v) is 12.2. The lowest BCUT2D eigenvalue weighted by Crippen LogP contribution is -2.19. The molecule has 1 heterocycles. The molecule has 2 rings (SSSR count). The van der Waals surface area contributed by atoms with Crippen molar-refractivity contribution < 1.29 is 0 Å². The normalized spacial score (nSPS) is 9.90. The molecule has 0 bridgehead atoms. The summed E-state index contributed by atoms with van der Waals surface area (Å²) in [5.41, 5.74) is 2.62. The number of rotatable bonds is 6. The molecule has 0 aliphatic heterocycles. The smallest absolute Gasteiger partial charge is 0.230 e. The molecule has 106 valence electrons. The lowest BCUT2D eigenvalue weighted by atomic mass is 10.2. The summed E-state index contributed by atoms with van der Waals surface area (Å²) >= 11 is 0. The van der Waals surface area contributed by atoms with Gasteiger partial charge < -0.3 is 4.90 Å². The molecule has 0 N–H and O–H groups in total. The van der Waals surface area contributed by atoms with Gasteiger partial charge in [0.15, 0.2) is 0 Å². The third-order valence-electron chi connectivity index (χ3n) is 3.07. The summed E-state index contributed by atoms with van der Waals surface area (Å²) < 4.78 is 0. The van der Waals surface area contributed by atoms with E-state index in [1.54, 1.807) is 18.3 Å². The molecule has 21 heavy (non-hydrogen) atoms. The highest BCUT2D eigenvalue weighted by Crippen LogP contribution is 2.22. The van der Waals surface area contributed by atoms with Crippen molar-refractivity contribution in [2.24, 2.45) is 0 Å². The maximum absolute atomic E-state index is 8.88. The number of hydrogen-bond donors (Lipinski definition) is 0. The molecule has 0 saturated heterocycles. The number of nitriles is 1. The van der Waals surface area contributed by atoms with Crippen LogP contribution in [0.1, 0.15) is 24.6 Å². The Kier molecular flexibility index (Phi) is 5.05. The summed E-state index contributed by atoms with van der Waals surface area (Å²) in [6, 6.07) is 11.5. The van der Waals surface area contributed by atoms with E-state index in [1.165, 1.54) is 0 Å². The Bertz CT molecular complexity index is 641. The van der Waals surface area contributed by atoms with E-state index in [1.807, 2.05) is 29.2 Å². The van der Waals surface area contributed by atoms with Crippen molar-refractivity contribution in [2.45, 2.75) is 19.8 Å². The van der Waals surface area contributed by atoms with Crippen LogP contribution in [0.5, 0.6) is 0 Å². The predicted molar refractivity (Wildman–Crippen MR) is 84.4 cm³/mol. The van der Waals surface area contributed by atoms with E-state index in [-0.39, 0.29) is 0 Å². The molecular weight excluding hydrogens is 260 g/mol. The maximum Gasteiger partial charge on any atom is 0.230 e. The summed E-state index contributed by atoms with van der Waals surface area (Å²) in [5, 5.41) is 8.88. The van der Waals surface area contributed by atoms with Gasteiger partial charge in [-0.1, -0.05) is 19.4 Å². The SMILES string of the molecule is C=CCN(c1ccc(C#N)cc1)c1nccc(CCC)n1. The predicted octanol–water partition coefficient (Wildman–Crippen LogP) is 3.62. The lowest BCUT2D eigenvalue weighted by Gasteiger charge is -2.21. The topological polar surface area (TPSA) is 52.8 Å². The first-order valence-electron chi connectivity index (χ1n) is 6.99. The molecule has 0 radical (unpaired) electrons. The first-order valence-corrected chi connectivity index (χ1v) is 6.99. The van der Waals surface area contributed by atoms with E-state index in [0.29, 0.717) is 18.1 Å². The molecular formula is C17H18N4. The number of hydrogen-bond acceptors (Lipinski definition) is 4. The zero-order chi connectivity index (χ0) is 15.1. The van der Waals surface area contributed by atoms with Crippen molar-refractivity contribution in [3.05, 3.63) is 60.4 Å². The molecule has 4 nitrogen and oxygen atoms in total. The molecule has 1 aromatic carbocycles. The molecule has 4 heteroatoms. The van der Waals surface area contributed by atoms with E-state index in [9.17, 15) is 0 Å². The fraction of sp³-hybridized carbons (Fsp3) is 0.235. The Labute approximate surface area is 125 Å². The van der Waals surface area contributed by atoms with Crippen molar-refractivity contribution >= 4 is 11.6 Å². The number of anilines is 2. The molecule has 0 atom stereocenters. The van der Waals surface area contributed by atoms with Crippen LogP contribution in [0.3, 0.4) is 0 Å². The van der Waals surface area contributed by atoms with Crippen molar-refractivity contribution in [2.75, 3.05) is 11.4 Å². The molecule has 0 aliphatic carbocycles. The van der Waals surface area contributed by atoms with E-state index >= 15 is 0 Å². The van der Waals surface area contributed by atoms with Gasteiger partial charge in [-0.15, -0.1) is 6.58 Å². The molecule has 0 amide bonds. The van der Waals surface area contributed by atoms with Gasteiger partial charge in [0.2, 0.25) is 5.95 Å². The van der Waals surface area contributed by atoms with Crippen molar-refractivity contribution in [3.63, 3.8) is 0 Å². The van der Waals surface area contributed by atoms with Crippen LogP contribution in [0, 0.1) is 11.3 Å². The maximum atomic E-state index is 8.88. The Morgan fingerprint density at radius 2 is 2.05 bits per heavy atom. The highest BCUT2D eigenvalue weighted by Gasteiger charge is 2.11. The summed E-state index contributed by atoms with van der Waals surface area (Å²) in [5.74, 6) is 0.658. The standard InChI is InChI=1S/C17H18N4/c1-3-5-15-10-11-19-17(20-15)21(12-4-2)16-8-6-14(13-18)7-9-16/h4,6-11H,2-3,5,12H2,1H3. The fourth-order valence-electron chi connectivity index (χ4n) is 2.06. The zero-order valence-electron chi connectivity index (χ0n) is 12.2. The van der Waals surface area contributed by atoms with Crippen LogP contribution < -0.4 is 4.90 Å². The summed E-state index contributed by atoms with van der Waals surface area (Å²) in [6.07, 6.45) is 5.58. The first kappa shape index (κ1) is 14.7. The van der Waals surface area contributed by atoms with Gasteiger partial charge in [-0.2, -0.15) is 5.26 Å². The van der Waals surface area contributed by atoms with Gasteiger partial charge in [0.25, 0.3) is 0 Å². The molecule has 0 fully saturated rings. The molecule has 0 aliphatic rings. The van der Waals surface area contributed by atoms with Gasteiger partial charge in [0.1, 0.15) is 0 Å². The molecule has 0 unspecified atom stereocenters. The highest BCUT2D eigenvalue weighted by atomic mass is 15.2. The summed E-state index contributed by atoms with van der Waals surface area (Å²) in [4.78, 5) is 10.9. The fourth-order valence-corrected chi connectivity index (χ4v) is 2.06. The van der Waals surface area contributed by atoms with Crippen LogP contribution >= 0.6 is 0 Å². The van der Waals surface area contributed by atoms with Crippen LogP contribution in [0.15, 0.2) is 49.2 Å². The van der Waals surface area contributed by atoms with E-state index < -0.39 is 0 Å². The van der Waals surface area contributed by atoms with Gasteiger partial charge >= 0.3 is 0 Å². The number of benzene rings is 1. The number of aryl methyl sites for hydroxylation is 1. The van der Waals surface area contributed by atoms with Gasteiger partial charge in [-0.25, -0.2) is 9.97 Å². The van der Waals surface area contributed by atoms with Crippen LogP contribution in [0.2, 0.25) is 0 Å². The molecule has 0 spiro atoms. The van der Waals surface area contributed by atoms with Crippen LogP contribution in [-0.4, -0.2) is 16.5 Å². The minimum Gasteiger partial charge on any atom is -0.307 e. The van der Waals surface area contributed by atoms with Crippen LogP contribution in [0.25, 0.3) is 0 Å². The molecule has 2 aromatic rings. The average Bonchev–Trinajstić information content (AvgIpc) is 2.53. The Hall–Kier alpha value is -2.67. The van der Waals surface area contributed by atoms with Gasteiger partial charge in [-0.3, -0.25) is 0 Å². The third kappa shape index (κ3) is 3.67. The van der Waals surface area contributed by atoms with Gasteiger partial charge in [-0.05, 0) is 36.8 Å². The van der Waals surface area contributed by atoms with Crippen molar-refractivity contribution in [1.29, 1.82) is 5.26 Å². The lowest BCUT2D eigenvalue weighted by molar-refractivity contribution is 0.860. The highest BCUT2D eigenvalue weighted by molar-refractivity contribution is 5.59. The largest absolute Gasteiger partial charge is 0.307 e. The van der Waals surface area contributed by atoms with Crippen molar-refractivity contribution in [3.8, 4) is 6.07 Å². The summed E-state index contributed by atoms with van der Waals surface area (Å²) in [6.45, 7) is 6.54. The quantitative estimate of drug-likeness (QED) is 0.757. The monoisotopic (exact) mass is 278 g/mol. The second-order valence-corrected chi connectivity index (χ2v) is 4.66. The Morgan fingerprint density at radius 1 is 1.29 bits per heavy atom. The van der Waals surface area contributed by atoms with E-state index in [4.69, 9.17) is 5.26 Å². The van der Waals surface area contributed by atoms with E-state index in [0.717, 1.165) is 24.2 Å². The van der Waals surface area contributed by atoms with Crippen LogP contribution in [0.4, 0.5) is 11.6 Å². The van der Waals surface area contributed by atoms with E-state index in [2.05, 4.69) is 29.5 Å². The Balaban J connectivity index is 2.35. The Morgan fingerprint density at radius 3 is 2.67 bits per heavy atom. The van der Waals surface area contributed by atoms with Gasteiger partial charge in [0, 0.05) is 24.1 Å². The first-order chi connectivity index (χ1) is 10.3. The van der Waals surface area contributed by atoms with Gasteiger partial charge in [0.05, 0.1) is 11.6 Å². The average molecular weight is 278 g/mol. The minimum absolute atomic E-state index is 0.613. The molecule has 0 saturated carbocycles. The minimum atomic E-state index is 0.613. The number of aromatic nitrogens is 2. The van der Waals surface area contributed by atoms with Crippen molar-refractivity contribution in [1.82, 2.24) is 9.97 Å². The third-order valence-corrected chi connectivity index (χ3v) is 3.07. The number of nitrogens with zero attached hydrogens (tertiary/aromatic N) is 4. The second-order valence-electron chi connectivity index (χ2n) is 4.66. The summed E-state index contributed by atoms with van der Waals surface area (Å²) in [7, 11) is 0. The second kappa shape index (κ2) is 7.20. The van der Waals surface area contributed by atoms with Crippen LogP contribution in [-0.2, 0) is 6.42 Å². The molecule has 1 aromatic heterocycles.